The normalized spacial score (nSPS) is 10.3. The summed E-state index contributed by atoms with van der Waals surface area (Å²) in [5, 5.41) is 7.66. The maximum absolute atomic E-state index is 12.7. The molecule has 0 atom stereocenters. The smallest absolute Gasteiger partial charge is 0.264 e. The van der Waals surface area contributed by atoms with Gasteiger partial charge in [0, 0.05) is 6.07 Å². The summed E-state index contributed by atoms with van der Waals surface area (Å²) in [6, 6.07) is 7.12. The van der Waals surface area contributed by atoms with E-state index < -0.39 is 0 Å². The Morgan fingerprint density at radius 1 is 1.22 bits per heavy atom. The monoisotopic (exact) mass is 249 g/mol. The van der Waals surface area contributed by atoms with E-state index in [2.05, 4.69) is 15.5 Å². The van der Waals surface area contributed by atoms with Crippen LogP contribution in [0.25, 0.3) is 0 Å². The van der Waals surface area contributed by atoms with E-state index in [1.165, 1.54) is 18.2 Å². The Kier molecular flexibility index (Phi) is 3.57. The molecule has 0 aliphatic heterocycles. The molecule has 6 heteroatoms. The first-order valence-corrected chi connectivity index (χ1v) is 5.41. The number of hydrogen-bond acceptors (Lipinski definition) is 2. The number of hydrogen-bond donors (Lipinski definition) is 3. The fraction of sp³-hybridized carbons (Fsp3) is 0.167. The molecule has 1 heterocycles. The number of benzene rings is 1. The van der Waals surface area contributed by atoms with E-state index in [9.17, 15) is 14.0 Å². The van der Waals surface area contributed by atoms with Crippen molar-refractivity contribution in [2.45, 2.75) is 13.0 Å². The molecule has 1 aromatic carbocycles. The third-order valence-electron chi connectivity index (χ3n) is 2.41. The lowest BCUT2D eigenvalue weighted by Gasteiger charge is -2.03. The van der Waals surface area contributed by atoms with Gasteiger partial charge in [-0.2, -0.15) is 0 Å². The van der Waals surface area contributed by atoms with Gasteiger partial charge in [-0.25, -0.2) is 4.39 Å². The summed E-state index contributed by atoms with van der Waals surface area (Å²) in [5.41, 5.74) is 1.10. The summed E-state index contributed by atoms with van der Waals surface area (Å²) in [7, 11) is 0. The van der Waals surface area contributed by atoms with Crippen molar-refractivity contribution < 1.29 is 9.18 Å². The molecule has 0 aliphatic rings. The average Bonchev–Trinajstić information content (AvgIpc) is 2.76. The number of aromatic amines is 2. The third-order valence-corrected chi connectivity index (χ3v) is 2.41. The van der Waals surface area contributed by atoms with E-state index >= 15 is 0 Å². The lowest BCUT2D eigenvalue weighted by atomic mass is 10.1. The lowest BCUT2D eigenvalue weighted by molar-refractivity contribution is -0.120. The average molecular weight is 249 g/mol. The fourth-order valence-electron chi connectivity index (χ4n) is 1.51. The number of carbonyl (C=O) groups is 1. The molecule has 0 saturated heterocycles. The summed E-state index contributed by atoms with van der Waals surface area (Å²) in [5.74, 6) is -0.521. The second-order valence-electron chi connectivity index (χ2n) is 3.86. The molecule has 1 aromatic heterocycles. The quantitative estimate of drug-likeness (QED) is 0.746. The molecule has 0 bridgehead atoms. The van der Waals surface area contributed by atoms with Crippen molar-refractivity contribution in [3.8, 4) is 0 Å². The summed E-state index contributed by atoms with van der Waals surface area (Å²) in [6.07, 6.45) is 0.176. The molecule has 5 nitrogen and oxygen atoms in total. The third kappa shape index (κ3) is 3.31. The van der Waals surface area contributed by atoms with Gasteiger partial charge in [0.25, 0.3) is 5.56 Å². The molecule has 0 unspecified atom stereocenters. The summed E-state index contributed by atoms with van der Waals surface area (Å²) < 4.78 is 12.7. The molecule has 0 aliphatic carbocycles. The van der Waals surface area contributed by atoms with Gasteiger partial charge in [-0.05, 0) is 17.7 Å². The molecule has 18 heavy (non-hydrogen) atoms. The van der Waals surface area contributed by atoms with Crippen molar-refractivity contribution in [3.05, 3.63) is 57.8 Å². The molecule has 1 amide bonds. The number of H-pyrrole nitrogens is 2. The Hall–Kier alpha value is -2.37. The first kappa shape index (κ1) is 12.1. The van der Waals surface area contributed by atoms with Gasteiger partial charge < -0.3 is 10.4 Å². The number of carbonyl (C=O) groups excluding carboxylic acids is 1. The predicted molar refractivity (Wildman–Crippen MR) is 63.4 cm³/mol. The van der Waals surface area contributed by atoms with Crippen LogP contribution in [-0.4, -0.2) is 16.1 Å². The van der Waals surface area contributed by atoms with Crippen LogP contribution in [0.2, 0.25) is 0 Å². The van der Waals surface area contributed by atoms with E-state index in [1.807, 2.05) is 0 Å². The molecule has 0 saturated carbocycles. The summed E-state index contributed by atoms with van der Waals surface area (Å²) in [6.45, 7) is 0.249. The van der Waals surface area contributed by atoms with Gasteiger partial charge in [-0.3, -0.25) is 14.7 Å². The van der Waals surface area contributed by atoms with E-state index in [0.717, 1.165) is 5.56 Å². The van der Waals surface area contributed by atoms with Gasteiger partial charge in [0.15, 0.2) is 0 Å². The molecular weight excluding hydrogens is 237 g/mol. The predicted octanol–water partition coefficient (Wildman–Crippen LogP) is 0.701. The maximum atomic E-state index is 12.7. The molecule has 0 radical (unpaired) electrons. The van der Waals surface area contributed by atoms with E-state index in [0.29, 0.717) is 5.69 Å². The van der Waals surface area contributed by atoms with E-state index in [4.69, 9.17) is 0 Å². The van der Waals surface area contributed by atoms with Crippen LogP contribution in [0.4, 0.5) is 4.39 Å². The minimum atomic E-state index is -0.330. The SMILES string of the molecule is O=C(Cc1ccc(F)cc1)NCc1cc(=O)[nH][nH]1. The molecule has 2 aromatic rings. The van der Waals surface area contributed by atoms with Crippen molar-refractivity contribution >= 4 is 5.91 Å². The van der Waals surface area contributed by atoms with Crippen LogP contribution in [0.5, 0.6) is 0 Å². The second kappa shape index (κ2) is 5.31. The molecule has 0 fully saturated rings. The minimum absolute atomic E-state index is 0.176. The Morgan fingerprint density at radius 3 is 2.56 bits per heavy atom. The Bertz CT molecular complexity index is 586. The maximum Gasteiger partial charge on any atom is 0.264 e. The van der Waals surface area contributed by atoms with Crippen LogP contribution < -0.4 is 10.9 Å². The lowest BCUT2D eigenvalue weighted by Crippen LogP contribution is -2.24. The second-order valence-corrected chi connectivity index (χ2v) is 3.86. The zero-order chi connectivity index (χ0) is 13.0. The number of amides is 1. The van der Waals surface area contributed by atoms with Crippen molar-refractivity contribution in [1.29, 1.82) is 0 Å². The van der Waals surface area contributed by atoms with Crippen molar-refractivity contribution in [2.75, 3.05) is 0 Å². The first-order valence-electron chi connectivity index (χ1n) is 5.41. The summed E-state index contributed by atoms with van der Waals surface area (Å²) >= 11 is 0. The van der Waals surface area contributed by atoms with Crippen LogP contribution >= 0.6 is 0 Å². The van der Waals surface area contributed by atoms with Crippen molar-refractivity contribution in [2.24, 2.45) is 0 Å². The Morgan fingerprint density at radius 2 is 1.94 bits per heavy atom. The van der Waals surface area contributed by atoms with Gasteiger partial charge in [-0.15, -0.1) is 0 Å². The van der Waals surface area contributed by atoms with Crippen LogP contribution in [-0.2, 0) is 17.8 Å². The molecule has 3 N–H and O–H groups in total. The highest BCUT2D eigenvalue weighted by molar-refractivity contribution is 5.78. The van der Waals surface area contributed by atoms with Gasteiger partial charge in [-0.1, -0.05) is 12.1 Å². The van der Waals surface area contributed by atoms with E-state index in [-0.39, 0.29) is 30.2 Å². The van der Waals surface area contributed by atoms with Gasteiger partial charge >= 0.3 is 0 Å². The number of nitrogens with one attached hydrogen (secondary N) is 3. The molecule has 2 rings (SSSR count). The van der Waals surface area contributed by atoms with Gasteiger partial charge in [0.2, 0.25) is 5.91 Å². The van der Waals surface area contributed by atoms with Crippen LogP contribution in [0.15, 0.2) is 35.1 Å². The van der Waals surface area contributed by atoms with Gasteiger partial charge in [0.05, 0.1) is 18.7 Å². The van der Waals surface area contributed by atoms with Crippen LogP contribution in [0, 0.1) is 5.82 Å². The van der Waals surface area contributed by atoms with Crippen molar-refractivity contribution in [3.63, 3.8) is 0 Å². The van der Waals surface area contributed by atoms with Crippen LogP contribution in [0.1, 0.15) is 11.3 Å². The van der Waals surface area contributed by atoms with E-state index in [1.54, 1.807) is 12.1 Å². The minimum Gasteiger partial charge on any atom is -0.350 e. The summed E-state index contributed by atoms with van der Waals surface area (Å²) in [4.78, 5) is 22.4. The molecule has 94 valence electrons. The highest BCUT2D eigenvalue weighted by atomic mass is 19.1. The first-order chi connectivity index (χ1) is 8.63. The Labute approximate surface area is 102 Å². The highest BCUT2D eigenvalue weighted by Crippen LogP contribution is 2.03. The highest BCUT2D eigenvalue weighted by Gasteiger charge is 2.04. The number of rotatable bonds is 4. The number of aromatic nitrogens is 2. The van der Waals surface area contributed by atoms with Crippen LogP contribution in [0.3, 0.4) is 0 Å². The zero-order valence-corrected chi connectivity index (χ0v) is 9.50. The molecule has 0 spiro atoms. The topological polar surface area (TPSA) is 77.8 Å². The molecular formula is C12H12FN3O2. The number of halogens is 1. The Balaban J connectivity index is 1.85. The largest absolute Gasteiger partial charge is 0.350 e. The standard InChI is InChI=1S/C12H12FN3O2/c13-9-3-1-8(2-4-9)5-11(17)14-7-10-6-12(18)16-15-10/h1-4,6H,5,7H2,(H,14,17)(H2,15,16,18). The zero-order valence-electron chi connectivity index (χ0n) is 9.50. The van der Waals surface area contributed by atoms with Gasteiger partial charge in [0.1, 0.15) is 5.82 Å². The van der Waals surface area contributed by atoms with Crippen molar-refractivity contribution in [1.82, 2.24) is 15.5 Å². The fourth-order valence-corrected chi connectivity index (χ4v) is 1.51.